The number of nitrogens with one attached hydrogen (secondary N) is 1. The maximum atomic E-state index is 12.4. The molecule has 0 aliphatic heterocycles. The summed E-state index contributed by atoms with van der Waals surface area (Å²) in [4.78, 5) is 22.9. The number of rotatable bonds is 11. The first-order valence-electron chi connectivity index (χ1n) is 7.58. The van der Waals surface area contributed by atoms with E-state index in [1.807, 2.05) is 20.8 Å². The summed E-state index contributed by atoms with van der Waals surface area (Å²) in [5, 5.41) is 1.95. The molecule has 1 atom stereocenters. The SMILES string of the molecule is CCCC(=O)N[C@H](CS(=O)(=O)C(CCC)CCC)C(N)=O. The van der Waals surface area contributed by atoms with E-state index >= 15 is 0 Å². The molecule has 0 fully saturated rings. The van der Waals surface area contributed by atoms with Gasteiger partial charge in [-0.15, -0.1) is 0 Å². The van der Waals surface area contributed by atoms with Crippen molar-refractivity contribution in [1.29, 1.82) is 0 Å². The molecular formula is C14H28N2O4S. The van der Waals surface area contributed by atoms with Gasteiger partial charge in [-0.05, 0) is 19.3 Å². The molecule has 6 nitrogen and oxygen atoms in total. The van der Waals surface area contributed by atoms with Gasteiger partial charge in [-0.3, -0.25) is 9.59 Å². The first-order valence-corrected chi connectivity index (χ1v) is 9.30. The summed E-state index contributed by atoms with van der Waals surface area (Å²) < 4.78 is 24.8. The highest BCUT2D eigenvalue weighted by molar-refractivity contribution is 7.92. The topological polar surface area (TPSA) is 106 Å². The summed E-state index contributed by atoms with van der Waals surface area (Å²) in [5.41, 5.74) is 5.22. The maximum Gasteiger partial charge on any atom is 0.241 e. The van der Waals surface area contributed by atoms with E-state index in [0.29, 0.717) is 19.3 Å². The van der Waals surface area contributed by atoms with E-state index in [1.54, 1.807) is 0 Å². The van der Waals surface area contributed by atoms with Gasteiger partial charge in [-0.25, -0.2) is 8.42 Å². The van der Waals surface area contributed by atoms with Crippen LogP contribution in [0.25, 0.3) is 0 Å². The average Bonchev–Trinajstić information content (AvgIpc) is 2.37. The molecule has 2 amide bonds. The highest BCUT2D eigenvalue weighted by atomic mass is 32.2. The first kappa shape index (κ1) is 19.9. The molecule has 0 aliphatic rings. The van der Waals surface area contributed by atoms with Crippen LogP contribution in [0.3, 0.4) is 0 Å². The van der Waals surface area contributed by atoms with Gasteiger partial charge in [0.15, 0.2) is 9.84 Å². The van der Waals surface area contributed by atoms with Gasteiger partial charge in [0, 0.05) is 6.42 Å². The lowest BCUT2D eigenvalue weighted by atomic mass is 10.2. The highest BCUT2D eigenvalue weighted by Crippen LogP contribution is 2.16. The Bertz CT molecular complexity index is 428. The van der Waals surface area contributed by atoms with Crippen molar-refractivity contribution in [2.45, 2.75) is 70.6 Å². The molecule has 0 heterocycles. The van der Waals surface area contributed by atoms with Crippen LogP contribution in [0, 0.1) is 0 Å². The van der Waals surface area contributed by atoms with Crippen molar-refractivity contribution in [2.24, 2.45) is 5.73 Å². The Kier molecular flexibility index (Phi) is 9.24. The standard InChI is InChI=1S/C14H28N2O4S/c1-4-7-11(8-5-2)21(19,20)10-12(14(15)18)16-13(17)9-6-3/h11-12H,4-10H2,1-3H3,(H2,15,18)(H,16,17)/t12-/m1/s1. The Morgan fingerprint density at radius 1 is 1.05 bits per heavy atom. The first-order chi connectivity index (χ1) is 9.78. The molecule has 0 radical (unpaired) electrons. The monoisotopic (exact) mass is 320 g/mol. The third-order valence-corrected chi connectivity index (χ3v) is 5.57. The van der Waals surface area contributed by atoms with E-state index < -0.39 is 32.8 Å². The van der Waals surface area contributed by atoms with Gasteiger partial charge in [-0.1, -0.05) is 33.6 Å². The molecular weight excluding hydrogens is 292 g/mol. The van der Waals surface area contributed by atoms with E-state index in [9.17, 15) is 18.0 Å². The van der Waals surface area contributed by atoms with Crippen LogP contribution >= 0.6 is 0 Å². The zero-order valence-corrected chi connectivity index (χ0v) is 14.0. The molecule has 21 heavy (non-hydrogen) atoms. The van der Waals surface area contributed by atoms with E-state index in [0.717, 1.165) is 12.8 Å². The largest absolute Gasteiger partial charge is 0.368 e. The van der Waals surface area contributed by atoms with Crippen LogP contribution in [-0.4, -0.2) is 37.3 Å². The van der Waals surface area contributed by atoms with Gasteiger partial charge in [0.2, 0.25) is 11.8 Å². The van der Waals surface area contributed by atoms with E-state index in [-0.39, 0.29) is 12.3 Å². The van der Waals surface area contributed by atoms with Crippen LogP contribution in [0.2, 0.25) is 0 Å². The summed E-state index contributed by atoms with van der Waals surface area (Å²) in [5.74, 6) is -1.57. The van der Waals surface area contributed by atoms with Gasteiger partial charge >= 0.3 is 0 Å². The molecule has 0 spiro atoms. The Balaban J connectivity index is 4.95. The zero-order valence-electron chi connectivity index (χ0n) is 13.2. The van der Waals surface area contributed by atoms with Gasteiger partial charge in [-0.2, -0.15) is 0 Å². The van der Waals surface area contributed by atoms with Crippen molar-refractivity contribution in [3.8, 4) is 0 Å². The van der Waals surface area contributed by atoms with Gasteiger partial charge in [0.25, 0.3) is 0 Å². The third kappa shape index (κ3) is 7.45. The number of sulfone groups is 1. The molecule has 0 aromatic heterocycles. The summed E-state index contributed by atoms with van der Waals surface area (Å²) in [6.07, 6.45) is 3.51. The molecule has 0 aliphatic carbocycles. The van der Waals surface area contributed by atoms with Crippen LogP contribution < -0.4 is 11.1 Å². The van der Waals surface area contributed by atoms with Crippen LogP contribution in [0.1, 0.15) is 59.3 Å². The van der Waals surface area contributed by atoms with Crippen LogP contribution in [0.5, 0.6) is 0 Å². The van der Waals surface area contributed by atoms with Crippen molar-refractivity contribution in [1.82, 2.24) is 5.32 Å². The summed E-state index contributed by atoms with van der Waals surface area (Å²) in [6.45, 7) is 5.67. The van der Waals surface area contributed by atoms with Gasteiger partial charge in [0.1, 0.15) is 6.04 Å². The fraction of sp³-hybridized carbons (Fsp3) is 0.857. The van der Waals surface area contributed by atoms with Gasteiger partial charge in [0.05, 0.1) is 11.0 Å². The van der Waals surface area contributed by atoms with E-state index in [2.05, 4.69) is 5.32 Å². The summed E-state index contributed by atoms with van der Waals surface area (Å²) >= 11 is 0. The Hall–Kier alpha value is -1.11. The molecule has 0 bridgehead atoms. The fourth-order valence-electron chi connectivity index (χ4n) is 2.20. The molecule has 0 saturated heterocycles. The molecule has 3 N–H and O–H groups in total. The minimum absolute atomic E-state index is 0.247. The molecule has 0 saturated carbocycles. The van der Waals surface area contributed by atoms with Crippen molar-refractivity contribution >= 4 is 21.7 Å². The lowest BCUT2D eigenvalue weighted by Gasteiger charge is -2.20. The van der Waals surface area contributed by atoms with Gasteiger partial charge < -0.3 is 11.1 Å². The lowest BCUT2D eigenvalue weighted by Crippen LogP contribution is -2.49. The molecule has 0 aromatic carbocycles. The minimum Gasteiger partial charge on any atom is -0.368 e. The Labute approximate surface area is 127 Å². The number of carbonyl (C=O) groups excluding carboxylic acids is 2. The van der Waals surface area contributed by atoms with Crippen LogP contribution in [0.4, 0.5) is 0 Å². The maximum absolute atomic E-state index is 12.4. The number of hydrogen-bond donors (Lipinski definition) is 2. The molecule has 0 rings (SSSR count). The number of primary amides is 1. The van der Waals surface area contributed by atoms with Crippen molar-refractivity contribution in [3.63, 3.8) is 0 Å². The Morgan fingerprint density at radius 3 is 1.95 bits per heavy atom. The van der Waals surface area contributed by atoms with Crippen molar-refractivity contribution in [2.75, 3.05) is 5.75 Å². The molecule has 0 aromatic rings. The lowest BCUT2D eigenvalue weighted by molar-refractivity contribution is -0.126. The van der Waals surface area contributed by atoms with Crippen LogP contribution in [-0.2, 0) is 19.4 Å². The quantitative estimate of drug-likeness (QED) is 0.595. The van der Waals surface area contributed by atoms with Crippen LogP contribution in [0.15, 0.2) is 0 Å². The Morgan fingerprint density at radius 2 is 1.57 bits per heavy atom. The molecule has 7 heteroatoms. The van der Waals surface area contributed by atoms with Crippen molar-refractivity contribution < 1.29 is 18.0 Å². The highest BCUT2D eigenvalue weighted by Gasteiger charge is 2.30. The summed E-state index contributed by atoms with van der Waals surface area (Å²) in [7, 11) is -3.47. The second-order valence-corrected chi connectivity index (χ2v) is 7.63. The fourth-order valence-corrected chi connectivity index (χ4v) is 4.38. The second-order valence-electron chi connectivity index (χ2n) is 5.30. The predicted octanol–water partition coefficient (Wildman–Crippen LogP) is 1.14. The number of nitrogens with two attached hydrogens (primary N) is 1. The van der Waals surface area contributed by atoms with E-state index in [1.165, 1.54) is 0 Å². The van der Waals surface area contributed by atoms with Crippen molar-refractivity contribution in [3.05, 3.63) is 0 Å². The molecule has 124 valence electrons. The summed E-state index contributed by atoms with van der Waals surface area (Å²) in [6, 6.07) is -1.15. The zero-order chi connectivity index (χ0) is 16.5. The molecule has 0 unspecified atom stereocenters. The number of carbonyl (C=O) groups is 2. The number of hydrogen-bond acceptors (Lipinski definition) is 4. The average molecular weight is 320 g/mol. The second kappa shape index (κ2) is 9.76. The third-order valence-electron chi connectivity index (χ3n) is 3.28. The minimum atomic E-state index is -3.47. The normalized spacial score (nSPS) is 13.1. The number of amides is 2. The smallest absolute Gasteiger partial charge is 0.241 e. The van der Waals surface area contributed by atoms with E-state index in [4.69, 9.17) is 5.73 Å². The predicted molar refractivity (Wildman–Crippen MR) is 83.4 cm³/mol.